The molecule has 0 fully saturated rings. The Kier molecular flexibility index (Phi) is 2.28. The van der Waals surface area contributed by atoms with Crippen molar-refractivity contribution < 1.29 is 4.42 Å². The second kappa shape index (κ2) is 3.61. The van der Waals surface area contributed by atoms with E-state index in [9.17, 15) is 0 Å². The first-order valence-electron chi connectivity index (χ1n) is 6.43. The van der Waals surface area contributed by atoms with Gasteiger partial charge in [0, 0.05) is 16.4 Å². The highest BCUT2D eigenvalue weighted by molar-refractivity contribution is 5.93. The van der Waals surface area contributed by atoms with E-state index in [1.165, 1.54) is 22.1 Å². The van der Waals surface area contributed by atoms with E-state index in [1.807, 2.05) is 12.1 Å². The van der Waals surface area contributed by atoms with Crippen molar-refractivity contribution in [3.8, 4) is 0 Å². The Morgan fingerprint density at radius 2 is 1.89 bits per heavy atom. The number of hydrogen-bond donors (Lipinski definition) is 0. The normalized spacial score (nSPS) is 18.0. The van der Waals surface area contributed by atoms with E-state index in [0.717, 1.165) is 11.3 Å². The number of rotatable bonds is 1. The molecule has 1 nitrogen and oxygen atoms in total. The summed E-state index contributed by atoms with van der Waals surface area (Å²) in [5.41, 5.74) is 4.99. The summed E-state index contributed by atoms with van der Waals surface area (Å²) in [6, 6.07) is 8.31. The Bertz CT molecular complexity index is 681. The first kappa shape index (κ1) is 11.3. The molecule has 1 aromatic heterocycles. The molecule has 0 saturated heterocycles. The molecule has 0 atom stereocenters. The zero-order valence-corrected chi connectivity index (χ0v) is 11.4. The zero-order valence-electron chi connectivity index (χ0n) is 11.4. The zero-order chi connectivity index (χ0) is 12.9. The summed E-state index contributed by atoms with van der Waals surface area (Å²) in [4.78, 5) is 0. The molecule has 0 bridgehead atoms. The lowest BCUT2D eigenvalue weighted by molar-refractivity contribution is 0.585. The number of benzene rings is 1. The average Bonchev–Trinajstić information content (AvgIpc) is 2.81. The second-order valence-corrected chi connectivity index (χ2v) is 5.47. The van der Waals surface area contributed by atoms with Gasteiger partial charge in [-0.2, -0.15) is 0 Å². The molecule has 0 N–H and O–H groups in total. The number of allylic oxidation sites excluding steroid dienone is 4. The van der Waals surface area contributed by atoms with Gasteiger partial charge in [-0.25, -0.2) is 0 Å². The molecule has 0 amide bonds. The lowest BCUT2D eigenvalue weighted by Crippen LogP contribution is -2.15. The van der Waals surface area contributed by atoms with Crippen molar-refractivity contribution in [2.24, 2.45) is 0 Å². The molecule has 1 heteroatoms. The molecule has 1 heterocycles. The summed E-state index contributed by atoms with van der Waals surface area (Å²) >= 11 is 0. The molecule has 3 rings (SSSR count). The van der Waals surface area contributed by atoms with Gasteiger partial charge in [0.05, 0.1) is 0 Å². The lowest BCUT2D eigenvalue weighted by atomic mass is 9.80. The van der Waals surface area contributed by atoms with Gasteiger partial charge in [0.25, 0.3) is 0 Å². The maximum atomic E-state index is 6.04. The van der Waals surface area contributed by atoms with Crippen molar-refractivity contribution in [3.63, 3.8) is 0 Å². The van der Waals surface area contributed by atoms with Crippen LogP contribution in [0.25, 0.3) is 16.5 Å². The third-order valence-corrected chi connectivity index (χ3v) is 3.97. The van der Waals surface area contributed by atoms with Crippen LogP contribution >= 0.6 is 0 Å². The van der Waals surface area contributed by atoms with Crippen molar-refractivity contribution in [3.05, 3.63) is 53.3 Å². The lowest BCUT2D eigenvalue weighted by Gasteiger charge is -2.22. The minimum Gasteiger partial charge on any atom is -0.456 e. The predicted octanol–water partition coefficient (Wildman–Crippen LogP) is 5.07. The molecule has 0 unspecified atom stereocenters. The van der Waals surface area contributed by atoms with Crippen LogP contribution in [0.15, 0.2) is 46.4 Å². The highest BCUT2D eigenvalue weighted by Crippen LogP contribution is 2.50. The summed E-state index contributed by atoms with van der Waals surface area (Å²) in [6.45, 7) is 8.78. The van der Waals surface area contributed by atoms with Gasteiger partial charge in [-0.1, -0.05) is 44.2 Å². The van der Waals surface area contributed by atoms with E-state index in [0.29, 0.717) is 0 Å². The van der Waals surface area contributed by atoms with Crippen LogP contribution in [0.5, 0.6) is 0 Å². The maximum Gasteiger partial charge on any atom is 0.135 e. The fourth-order valence-corrected chi connectivity index (χ4v) is 3.16. The quantitative estimate of drug-likeness (QED) is 0.675. The summed E-state index contributed by atoms with van der Waals surface area (Å²) < 4.78 is 6.04. The first-order chi connectivity index (χ1) is 8.57. The standard InChI is InChI=1S/C17H18O/c1-5-8-13-11(2)16-15(17(13,3)4)12-9-6-7-10-14(12)18-16/h5-10H,1-4H3/b8-5-. The van der Waals surface area contributed by atoms with Crippen LogP contribution in [-0.2, 0) is 5.41 Å². The number of hydrogen-bond acceptors (Lipinski definition) is 1. The van der Waals surface area contributed by atoms with Crippen LogP contribution < -0.4 is 0 Å². The van der Waals surface area contributed by atoms with E-state index >= 15 is 0 Å². The maximum absolute atomic E-state index is 6.04. The van der Waals surface area contributed by atoms with E-state index in [2.05, 4.69) is 52.0 Å². The van der Waals surface area contributed by atoms with Crippen molar-refractivity contribution in [2.75, 3.05) is 0 Å². The van der Waals surface area contributed by atoms with Gasteiger partial charge in [-0.05, 0) is 31.1 Å². The number of furan rings is 1. The number of para-hydroxylation sites is 1. The molecule has 1 aromatic carbocycles. The van der Waals surface area contributed by atoms with Crippen LogP contribution in [0, 0.1) is 0 Å². The molecule has 1 aliphatic rings. The van der Waals surface area contributed by atoms with Gasteiger partial charge in [0.2, 0.25) is 0 Å². The smallest absolute Gasteiger partial charge is 0.135 e. The largest absolute Gasteiger partial charge is 0.456 e. The molecule has 0 spiro atoms. The first-order valence-corrected chi connectivity index (χ1v) is 6.43. The Hall–Kier alpha value is -1.76. The highest BCUT2D eigenvalue weighted by atomic mass is 16.3. The van der Waals surface area contributed by atoms with Crippen LogP contribution in [0.4, 0.5) is 0 Å². The molecule has 92 valence electrons. The fraction of sp³-hybridized carbons (Fsp3) is 0.294. The van der Waals surface area contributed by atoms with Crippen LogP contribution in [0.1, 0.15) is 39.0 Å². The molecule has 1 aliphatic carbocycles. The van der Waals surface area contributed by atoms with Crippen molar-refractivity contribution in [2.45, 2.75) is 33.1 Å². The van der Waals surface area contributed by atoms with Gasteiger partial charge < -0.3 is 4.42 Å². The van der Waals surface area contributed by atoms with Crippen molar-refractivity contribution >= 4 is 16.5 Å². The highest BCUT2D eigenvalue weighted by Gasteiger charge is 2.39. The Morgan fingerprint density at radius 1 is 1.17 bits per heavy atom. The van der Waals surface area contributed by atoms with Gasteiger partial charge in [0.15, 0.2) is 0 Å². The molecule has 2 aromatic rings. The van der Waals surface area contributed by atoms with Gasteiger partial charge in [-0.3, -0.25) is 0 Å². The predicted molar refractivity (Wildman–Crippen MR) is 76.6 cm³/mol. The van der Waals surface area contributed by atoms with Gasteiger partial charge >= 0.3 is 0 Å². The molecule has 18 heavy (non-hydrogen) atoms. The molecule has 0 aliphatic heterocycles. The van der Waals surface area contributed by atoms with Gasteiger partial charge in [0.1, 0.15) is 11.3 Å². The second-order valence-electron chi connectivity index (χ2n) is 5.47. The summed E-state index contributed by atoms with van der Waals surface area (Å²) in [6.07, 6.45) is 4.31. The summed E-state index contributed by atoms with van der Waals surface area (Å²) in [5.74, 6) is 1.06. The Balaban J connectivity index is 2.38. The van der Waals surface area contributed by atoms with E-state index in [4.69, 9.17) is 4.42 Å². The van der Waals surface area contributed by atoms with Crippen LogP contribution in [0.3, 0.4) is 0 Å². The average molecular weight is 238 g/mol. The SMILES string of the molecule is C/C=C\C1=C(C)c2oc3ccccc3c2C1(C)C. The topological polar surface area (TPSA) is 13.1 Å². The van der Waals surface area contributed by atoms with E-state index in [-0.39, 0.29) is 5.41 Å². The van der Waals surface area contributed by atoms with Crippen LogP contribution in [0.2, 0.25) is 0 Å². The van der Waals surface area contributed by atoms with Gasteiger partial charge in [-0.15, -0.1) is 0 Å². The molecular weight excluding hydrogens is 220 g/mol. The van der Waals surface area contributed by atoms with E-state index in [1.54, 1.807) is 0 Å². The Morgan fingerprint density at radius 3 is 2.61 bits per heavy atom. The number of fused-ring (bicyclic) bond motifs is 3. The van der Waals surface area contributed by atoms with Crippen molar-refractivity contribution in [1.29, 1.82) is 0 Å². The van der Waals surface area contributed by atoms with Crippen LogP contribution in [-0.4, -0.2) is 0 Å². The minimum atomic E-state index is 0.0263. The third-order valence-electron chi connectivity index (χ3n) is 3.97. The molecular formula is C17H18O. The fourth-order valence-electron chi connectivity index (χ4n) is 3.16. The third kappa shape index (κ3) is 1.28. The summed E-state index contributed by atoms with van der Waals surface area (Å²) in [5, 5.41) is 1.25. The molecule has 0 saturated carbocycles. The Labute approximate surface area is 108 Å². The summed E-state index contributed by atoms with van der Waals surface area (Å²) in [7, 11) is 0. The molecule has 0 radical (unpaired) electrons. The van der Waals surface area contributed by atoms with E-state index < -0.39 is 0 Å². The monoisotopic (exact) mass is 238 g/mol. The van der Waals surface area contributed by atoms with Crippen molar-refractivity contribution in [1.82, 2.24) is 0 Å². The minimum absolute atomic E-state index is 0.0263.